The number of rotatable bonds is 2. The molecule has 0 amide bonds. The third-order valence-corrected chi connectivity index (χ3v) is 4.03. The molecule has 3 rings (SSSR count). The third kappa shape index (κ3) is 2.16. The lowest BCUT2D eigenvalue weighted by molar-refractivity contribution is 0.333. The number of nitrogens with zero attached hydrogens (tertiary/aromatic N) is 3. The van der Waals surface area contributed by atoms with Crippen molar-refractivity contribution < 1.29 is 0 Å². The first-order valence-electron chi connectivity index (χ1n) is 7.14. The molecule has 20 heavy (non-hydrogen) atoms. The monoisotopic (exact) mass is 266 g/mol. The molecule has 0 saturated heterocycles. The van der Waals surface area contributed by atoms with Crippen LogP contribution in [0, 0.1) is 11.3 Å². The van der Waals surface area contributed by atoms with Crippen molar-refractivity contribution in [2.24, 2.45) is 0 Å². The standard InChI is InChI=1S/C16H18N4/c17-11-14-15(12-7-3-1-4-8-12)19-20(16(14)18)13-9-5-2-6-10-13/h1,3-4,7-8,13H,2,5-6,9-10,18H2. The van der Waals surface area contributed by atoms with Crippen LogP contribution in [0.3, 0.4) is 0 Å². The first kappa shape index (κ1) is 12.7. The van der Waals surface area contributed by atoms with Gasteiger partial charge in [0.2, 0.25) is 0 Å². The number of aromatic nitrogens is 2. The minimum absolute atomic E-state index is 0.341. The van der Waals surface area contributed by atoms with E-state index >= 15 is 0 Å². The van der Waals surface area contributed by atoms with Gasteiger partial charge in [-0.2, -0.15) is 10.4 Å². The quantitative estimate of drug-likeness (QED) is 0.904. The fourth-order valence-electron chi connectivity index (χ4n) is 2.96. The molecular weight excluding hydrogens is 248 g/mol. The Balaban J connectivity index is 2.06. The zero-order chi connectivity index (χ0) is 13.9. The molecule has 0 radical (unpaired) electrons. The smallest absolute Gasteiger partial charge is 0.140 e. The number of benzene rings is 1. The highest BCUT2D eigenvalue weighted by Crippen LogP contribution is 2.34. The van der Waals surface area contributed by atoms with Crippen LogP contribution < -0.4 is 5.73 Å². The molecule has 0 bridgehead atoms. The summed E-state index contributed by atoms with van der Waals surface area (Å²) in [5.74, 6) is 0.512. The predicted octanol–water partition coefficient (Wildman–Crippen LogP) is 3.51. The molecule has 1 aromatic heterocycles. The third-order valence-electron chi connectivity index (χ3n) is 4.03. The Kier molecular flexibility index (Phi) is 3.42. The van der Waals surface area contributed by atoms with Crippen LogP contribution in [0.15, 0.2) is 30.3 Å². The molecule has 1 aliphatic carbocycles. The molecule has 2 aromatic rings. The van der Waals surface area contributed by atoms with Crippen LogP contribution in [0.4, 0.5) is 5.82 Å². The molecule has 0 aliphatic heterocycles. The lowest BCUT2D eigenvalue weighted by Gasteiger charge is -2.22. The van der Waals surface area contributed by atoms with E-state index in [0.29, 0.717) is 23.1 Å². The summed E-state index contributed by atoms with van der Waals surface area (Å²) >= 11 is 0. The van der Waals surface area contributed by atoms with Gasteiger partial charge in [-0.15, -0.1) is 0 Å². The van der Waals surface area contributed by atoms with Crippen molar-refractivity contribution in [1.82, 2.24) is 9.78 Å². The lowest BCUT2D eigenvalue weighted by atomic mass is 9.96. The molecule has 2 N–H and O–H groups in total. The highest BCUT2D eigenvalue weighted by molar-refractivity contribution is 5.72. The minimum Gasteiger partial charge on any atom is -0.383 e. The highest BCUT2D eigenvalue weighted by atomic mass is 15.3. The molecule has 0 unspecified atom stereocenters. The van der Waals surface area contributed by atoms with E-state index in [0.717, 1.165) is 18.4 Å². The van der Waals surface area contributed by atoms with E-state index in [-0.39, 0.29) is 0 Å². The Morgan fingerprint density at radius 3 is 2.50 bits per heavy atom. The number of nitrogen functional groups attached to an aromatic ring is 1. The maximum atomic E-state index is 9.39. The molecule has 1 fully saturated rings. The largest absolute Gasteiger partial charge is 0.383 e. The molecule has 4 heteroatoms. The predicted molar refractivity (Wildman–Crippen MR) is 78.9 cm³/mol. The van der Waals surface area contributed by atoms with Gasteiger partial charge in [0.1, 0.15) is 23.1 Å². The van der Waals surface area contributed by atoms with Gasteiger partial charge in [-0.3, -0.25) is 0 Å². The zero-order valence-electron chi connectivity index (χ0n) is 11.4. The number of anilines is 1. The second kappa shape index (κ2) is 5.38. The Morgan fingerprint density at radius 2 is 1.85 bits per heavy atom. The van der Waals surface area contributed by atoms with Crippen LogP contribution in [0.2, 0.25) is 0 Å². The average molecular weight is 266 g/mol. The summed E-state index contributed by atoms with van der Waals surface area (Å²) in [4.78, 5) is 0. The van der Waals surface area contributed by atoms with E-state index in [1.165, 1.54) is 19.3 Å². The fourth-order valence-corrected chi connectivity index (χ4v) is 2.96. The van der Waals surface area contributed by atoms with Gasteiger partial charge in [-0.1, -0.05) is 49.6 Å². The number of hydrogen-bond donors (Lipinski definition) is 1. The molecule has 4 nitrogen and oxygen atoms in total. The first-order valence-corrected chi connectivity index (χ1v) is 7.14. The fraction of sp³-hybridized carbons (Fsp3) is 0.375. The first-order chi connectivity index (χ1) is 9.81. The van der Waals surface area contributed by atoms with E-state index in [2.05, 4.69) is 11.2 Å². The summed E-state index contributed by atoms with van der Waals surface area (Å²) in [6.07, 6.45) is 5.92. The summed E-state index contributed by atoms with van der Waals surface area (Å²) in [6.45, 7) is 0. The van der Waals surface area contributed by atoms with Crippen LogP contribution in [0.25, 0.3) is 11.3 Å². The van der Waals surface area contributed by atoms with E-state index in [9.17, 15) is 5.26 Å². The normalized spacial score (nSPS) is 15.9. The van der Waals surface area contributed by atoms with E-state index in [4.69, 9.17) is 5.73 Å². The van der Waals surface area contributed by atoms with Gasteiger partial charge in [0.15, 0.2) is 0 Å². The average Bonchev–Trinajstić information content (AvgIpc) is 2.86. The van der Waals surface area contributed by atoms with Crippen molar-refractivity contribution in [1.29, 1.82) is 5.26 Å². The number of nitriles is 1. The Labute approximate surface area is 118 Å². The number of hydrogen-bond acceptors (Lipinski definition) is 3. The van der Waals surface area contributed by atoms with Crippen molar-refractivity contribution in [3.63, 3.8) is 0 Å². The molecule has 1 aromatic carbocycles. The summed E-state index contributed by atoms with van der Waals surface area (Å²) in [6, 6.07) is 12.3. The van der Waals surface area contributed by atoms with Crippen LogP contribution in [0.5, 0.6) is 0 Å². The Morgan fingerprint density at radius 1 is 1.15 bits per heavy atom. The van der Waals surface area contributed by atoms with Crippen molar-refractivity contribution in [2.45, 2.75) is 38.1 Å². The summed E-state index contributed by atoms with van der Waals surface area (Å²) in [7, 11) is 0. The van der Waals surface area contributed by atoms with Gasteiger partial charge in [-0.05, 0) is 12.8 Å². The van der Waals surface area contributed by atoms with E-state index in [1.807, 2.05) is 35.0 Å². The van der Waals surface area contributed by atoms with Crippen LogP contribution >= 0.6 is 0 Å². The van der Waals surface area contributed by atoms with Gasteiger partial charge in [0, 0.05) is 5.56 Å². The topological polar surface area (TPSA) is 67.6 Å². The molecule has 102 valence electrons. The summed E-state index contributed by atoms with van der Waals surface area (Å²) < 4.78 is 1.88. The summed E-state index contributed by atoms with van der Waals surface area (Å²) in [5.41, 5.74) is 8.32. The van der Waals surface area contributed by atoms with E-state index in [1.54, 1.807) is 0 Å². The summed E-state index contributed by atoms with van der Waals surface area (Å²) in [5, 5.41) is 14.0. The highest BCUT2D eigenvalue weighted by Gasteiger charge is 2.23. The van der Waals surface area contributed by atoms with Crippen LogP contribution in [0.1, 0.15) is 43.7 Å². The maximum Gasteiger partial charge on any atom is 0.140 e. The maximum absolute atomic E-state index is 9.39. The van der Waals surface area contributed by atoms with Crippen LogP contribution in [-0.2, 0) is 0 Å². The van der Waals surface area contributed by atoms with Gasteiger partial charge in [0.25, 0.3) is 0 Å². The molecular formula is C16H18N4. The van der Waals surface area contributed by atoms with Crippen molar-refractivity contribution >= 4 is 5.82 Å². The van der Waals surface area contributed by atoms with Crippen LogP contribution in [-0.4, -0.2) is 9.78 Å². The molecule has 1 saturated carbocycles. The van der Waals surface area contributed by atoms with Crippen molar-refractivity contribution in [3.8, 4) is 17.3 Å². The van der Waals surface area contributed by atoms with Gasteiger partial charge >= 0.3 is 0 Å². The Hall–Kier alpha value is -2.28. The second-order valence-electron chi connectivity index (χ2n) is 5.32. The molecule has 0 atom stereocenters. The molecule has 1 aliphatic rings. The molecule has 1 heterocycles. The minimum atomic E-state index is 0.341. The van der Waals surface area contributed by atoms with Gasteiger partial charge in [0.05, 0.1) is 6.04 Å². The number of nitrogens with two attached hydrogens (primary N) is 1. The van der Waals surface area contributed by atoms with Crippen molar-refractivity contribution in [2.75, 3.05) is 5.73 Å². The molecule has 0 spiro atoms. The van der Waals surface area contributed by atoms with E-state index < -0.39 is 0 Å². The second-order valence-corrected chi connectivity index (χ2v) is 5.32. The van der Waals surface area contributed by atoms with Gasteiger partial charge < -0.3 is 5.73 Å². The SMILES string of the molecule is N#Cc1c(-c2ccccc2)nn(C2CCCCC2)c1N. The lowest BCUT2D eigenvalue weighted by Crippen LogP contribution is -2.16. The van der Waals surface area contributed by atoms with Crippen molar-refractivity contribution in [3.05, 3.63) is 35.9 Å². The Bertz CT molecular complexity index is 630. The van der Waals surface area contributed by atoms with Gasteiger partial charge in [-0.25, -0.2) is 4.68 Å². The zero-order valence-corrected chi connectivity index (χ0v) is 11.4.